The van der Waals surface area contributed by atoms with Gasteiger partial charge in [0.1, 0.15) is 6.04 Å². The summed E-state index contributed by atoms with van der Waals surface area (Å²) in [4.78, 5) is 41.7. The second-order valence-corrected chi connectivity index (χ2v) is 10.7. The van der Waals surface area contributed by atoms with E-state index in [1.54, 1.807) is 12.1 Å². The van der Waals surface area contributed by atoms with E-state index >= 15 is 0 Å². The van der Waals surface area contributed by atoms with E-state index in [0.29, 0.717) is 22.0 Å². The van der Waals surface area contributed by atoms with E-state index in [-0.39, 0.29) is 24.3 Å². The fourth-order valence-corrected chi connectivity index (χ4v) is 4.32. The van der Waals surface area contributed by atoms with Gasteiger partial charge in [-0.15, -0.1) is 11.3 Å². The molecule has 0 aliphatic rings. The molecule has 2 aromatic carbocycles. The molecule has 1 atom stereocenters. The van der Waals surface area contributed by atoms with Crippen LogP contribution in [0.15, 0.2) is 72.1 Å². The zero-order chi connectivity index (χ0) is 25.6. The van der Waals surface area contributed by atoms with E-state index in [1.165, 1.54) is 16.2 Å². The molecule has 3 rings (SSSR count). The molecule has 1 unspecified atom stereocenters. The maximum absolute atomic E-state index is 13.7. The molecular formula is C28H33N3O3S. The molecule has 6 nitrogen and oxygen atoms in total. The van der Waals surface area contributed by atoms with Crippen LogP contribution in [-0.4, -0.2) is 29.8 Å². The average molecular weight is 492 g/mol. The Hall–Kier alpha value is -3.45. The van der Waals surface area contributed by atoms with Gasteiger partial charge in [-0.2, -0.15) is 0 Å². The molecule has 3 amide bonds. The molecule has 0 spiro atoms. The topological polar surface area (TPSA) is 78.5 Å². The molecule has 0 saturated carbocycles. The number of thiophene rings is 1. The first-order valence-electron chi connectivity index (χ1n) is 11.7. The number of rotatable bonds is 8. The second-order valence-electron chi connectivity index (χ2n) is 9.72. The summed E-state index contributed by atoms with van der Waals surface area (Å²) in [5.74, 6) is -0.675. The lowest BCUT2D eigenvalue weighted by atomic mass is 9.99. The molecule has 0 aliphatic carbocycles. The van der Waals surface area contributed by atoms with Crippen molar-refractivity contribution in [1.82, 2.24) is 10.6 Å². The van der Waals surface area contributed by atoms with Crippen molar-refractivity contribution in [3.8, 4) is 0 Å². The van der Waals surface area contributed by atoms with Crippen LogP contribution in [0.3, 0.4) is 0 Å². The van der Waals surface area contributed by atoms with Gasteiger partial charge in [0.05, 0.1) is 11.4 Å². The van der Waals surface area contributed by atoms with Crippen LogP contribution >= 0.6 is 11.3 Å². The maximum atomic E-state index is 13.7. The summed E-state index contributed by atoms with van der Waals surface area (Å²) in [6.45, 7) is 9.66. The first-order valence-corrected chi connectivity index (χ1v) is 12.6. The van der Waals surface area contributed by atoms with Crippen molar-refractivity contribution >= 4 is 34.7 Å². The molecule has 1 heterocycles. The van der Waals surface area contributed by atoms with Crippen molar-refractivity contribution in [2.75, 3.05) is 11.4 Å². The maximum Gasteiger partial charge on any atom is 0.261 e. The number of anilines is 1. The van der Waals surface area contributed by atoms with Gasteiger partial charge in [-0.1, -0.05) is 62.4 Å². The molecule has 0 radical (unpaired) electrons. The van der Waals surface area contributed by atoms with Crippen molar-refractivity contribution in [3.63, 3.8) is 0 Å². The minimum atomic E-state index is -0.911. The molecular weight excluding hydrogens is 458 g/mol. The van der Waals surface area contributed by atoms with E-state index < -0.39 is 11.6 Å². The van der Waals surface area contributed by atoms with Crippen molar-refractivity contribution in [2.45, 2.75) is 52.1 Å². The predicted octanol–water partition coefficient (Wildman–Crippen LogP) is 5.29. The molecule has 0 bridgehead atoms. The lowest BCUT2D eigenvalue weighted by Crippen LogP contribution is -2.51. The second kappa shape index (κ2) is 11.3. The van der Waals surface area contributed by atoms with Crippen molar-refractivity contribution in [3.05, 3.63) is 88.1 Å². The molecule has 7 heteroatoms. The summed E-state index contributed by atoms with van der Waals surface area (Å²) in [7, 11) is 0. The van der Waals surface area contributed by atoms with Gasteiger partial charge in [0.2, 0.25) is 11.8 Å². The Balaban J connectivity index is 2.01. The van der Waals surface area contributed by atoms with Crippen LogP contribution in [0, 0.1) is 0 Å². The summed E-state index contributed by atoms with van der Waals surface area (Å²) in [6.07, 6.45) is 0. The van der Waals surface area contributed by atoms with Gasteiger partial charge in [-0.25, -0.2) is 0 Å². The summed E-state index contributed by atoms with van der Waals surface area (Å²) < 4.78 is 0. The van der Waals surface area contributed by atoms with Crippen LogP contribution in [0.1, 0.15) is 67.4 Å². The zero-order valence-electron chi connectivity index (χ0n) is 20.9. The van der Waals surface area contributed by atoms with Gasteiger partial charge in [0, 0.05) is 11.2 Å². The highest BCUT2D eigenvalue weighted by molar-refractivity contribution is 7.12. The smallest absolute Gasteiger partial charge is 0.261 e. The van der Waals surface area contributed by atoms with Crippen LogP contribution in [0.4, 0.5) is 5.69 Å². The number of hydrogen-bond donors (Lipinski definition) is 2. The Morgan fingerprint density at radius 3 is 2.09 bits per heavy atom. The van der Waals surface area contributed by atoms with Gasteiger partial charge >= 0.3 is 0 Å². The first-order chi connectivity index (χ1) is 16.6. The molecule has 1 aromatic heterocycles. The number of nitrogens with zero attached hydrogens (tertiary/aromatic N) is 1. The highest BCUT2D eigenvalue weighted by atomic mass is 32.1. The number of hydrogen-bond acceptors (Lipinski definition) is 4. The SMILES string of the molecule is CC(C)c1ccc(N(C(=O)CNC(=O)c2cccs2)C(C(=O)NC(C)(C)C)c2ccccc2)cc1. The Bertz CT molecular complexity index is 1130. The van der Waals surface area contributed by atoms with Gasteiger partial charge < -0.3 is 10.6 Å². The molecule has 35 heavy (non-hydrogen) atoms. The van der Waals surface area contributed by atoms with Crippen molar-refractivity contribution in [1.29, 1.82) is 0 Å². The van der Waals surface area contributed by atoms with Crippen LogP contribution in [0.5, 0.6) is 0 Å². The third kappa shape index (κ3) is 7.02. The quantitative estimate of drug-likeness (QED) is 0.449. The zero-order valence-corrected chi connectivity index (χ0v) is 21.7. The van der Waals surface area contributed by atoms with Crippen molar-refractivity contribution < 1.29 is 14.4 Å². The minimum absolute atomic E-state index is 0.241. The van der Waals surface area contributed by atoms with Gasteiger partial charge in [0.25, 0.3) is 5.91 Å². The minimum Gasteiger partial charge on any atom is -0.349 e. The lowest BCUT2D eigenvalue weighted by Gasteiger charge is -2.34. The van der Waals surface area contributed by atoms with E-state index in [2.05, 4.69) is 24.5 Å². The lowest BCUT2D eigenvalue weighted by molar-refractivity contribution is -0.127. The predicted molar refractivity (Wildman–Crippen MR) is 142 cm³/mol. The molecule has 3 aromatic rings. The first kappa shape index (κ1) is 26.2. The standard InChI is InChI=1S/C28H33N3O3S/c1-19(2)20-13-15-22(16-14-20)31(24(32)18-29-26(33)23-12-9-17-35-23)25(21-10-7-6-8-11-21)27(34)30-28(3,4)5/h6-17,19,25H,18H2,1-5H3,(H,29,33)(H,30,34). The molecule has 184 valence electrons. The summed E-state index contributed by atoms with van der Waals surface area (Å²) in [5.41, 5.74) is 1.90. The van der Waals surface area contributed by atoms with E-state index in [9.17, 15) is 14.4 Å². The molecule has 2 N–H and O–H groups in total. The van der Waals surface area contributed by atoms with Gasteiger partial charge in [-0.05, 0) is 61.4 Å². The van der Waals surface area contributed by atoms with Crippen LogP contribution in [0.25, 0.3) is 0 Å². The Morgan fingerprint density at radius 2 is 1.54 bits per heavy atom. The Morgan fingerprint density at radius 1 is 0.886 bits per heavy atom. The number of nitrogens with one attached hydrogen (secondary N) is 2. The molecule has 0 saturated heterocycles. The fraction of sp³-hybridized carbons (Fsp3) is 0.321. The average Bonchev–Trinajstić information content (AvgIpc) is 3.35. The molecule has 0 fully saturated rings. The summed E-state index contributed by atoms with van der Waals surface area (Å²) >= 11 is 1.31. The van der Waals surface area contributed by atoms with Crippen LogP contribution in [-0.2, 0) is 9.59 Å². The summed E-state index contributed by atoms with van der Waals surface area (Å²) in [5, 5.41) is 7.54. The monoisotopic (exact) mass is 491 g/mol. The number of carbonyl (C=O) groups excluding carboxylic acids is 3. The van der Waals surface area contributed by atoms with Crippen molar-refractivity contribution in [2.24, 2.45) is 0 Å². The van der Waals surface area contributed by atoms with E-state index in [0.717, 1.165) is 5.56 Å². The van der Waals surface area contributed by atoms with Gasteiger partial charge in [-0.3, -0.25) is 19.3 Å². The Labute approximate surface area is 211 Å². The normalized spacial score (nSPS) is 12.2. The number of carbonyl (C=O) groups is 3. The highest BCUT2D eigenvalue weighted by Crippen LogP contribution is 2.30. The highest BCUT2D eigenvalue weighted by Gasteiger charge is 2.34. The van der Waals surface area contributed by atoms with Crippen LogP contribution < -0.4 is 15.5 Å². The largest absolute Gasteiger partial charge is 0.349 e. The summed E-state index contributed by atoms with van der Waals surface area (Å²) in [6, 6.07) is 19.4. The van der Waals surface area contributed by atoms with E-state index in [4.69, 9.17) is 0 Å². The number of benzene rings is 2. The van der Waals surface area contributed by atoms with E-state index in [1.807, 2.05) is 80.7 Å². The third-order valence-corrected chi connectivity index (χ3v) is 6.24. The number of amides is 3. The Kier molecular flexibility index (Phi) is 8.46. The fourth-order valence-electron chi connectivity index (χ4n) is 3.68. The van der Waals surface area contributed by atoms with Gasteiger partial charge in [0.15, 0.2) is 0 Å². The van der Waals surface area contributed by atoms with Crippen LogP contribution in [0.2, 0.25) is 0 Å². The third-order valence-electron chi connectivity index (χ3n) is 5.37. The molecule has 0 aliphatic heterocycles.